The summed E-state index contributed by atoms with van der Waals surface area (Å²) in [6.45, 7) is 5.15. The molecule has 2 heteroatoms. The van der Waals surface area contributed by atoms with E-state index in [1.165, 1.54) is 0 Å². The lowest BCUT2D eigenvalue weighted by atomic mass is 10.0. The molecule has 0 spiro atoms. The fourth-order valence-electron chi connectivity index (χ4n) is 1.86. The molecule has 0 fully saturated rings. The third kappa shape index (κ3) is 3.89. The summed E-state index contributed by atoms with van der Waals surface area (Å²) in [4.78, 5) is 14.1. The lowest BCUT2D eigenvalue weighted by Crippen LogP contribution is -2.32. The zero-order chi connectivity index (χ0) is 11.1. The van der Waals surface area contributed by atoms with Crippen molar-refractivity contribution in [2.45, 2.75) is 32.6 Å². The zero-order valence-electron chi connectivity index (χ0n) is 9.46. The number of Topliss-reactive ketones (excluding diaryl/α,β-unsaturated/α-hetero) is 1. The molecule has 0 atom stereocenters. The van der Waals surface area contributed by atoms with E-state index in [1.54, 1.807) is 0 Å². The smallest absolute Gasteiger partial charge is 0.160 e. The van der Waals surface area contributed by atoms with E-state index >= 15 is 0 Å². The Balaban J connectivity index is 2.45. The molecule has 0 aromatic heterocycles. The number of carbonyl (C=O) groups is 1. The molecule has 1 rings (SSSR count). The maximum Gasteiger partial charge on any atom is 0.160 e. The number of ketones is 1. The maximum atomic E-state index is 11.7. The van der Waals surface area contributed by atoms with Crippen molar-refractivity contribution in [1.29, 1.82) is 0 Å². The van der Waals surface area contributed by atoms with Crippen LogP contribution in [0.25, 0.3) is 0 Å². The van der Waals surface area contributed by atoms with Gasteiger partial charge in [0.15, 0.2) is 5.78 Å². The van der Waals surface area contributed by atoms with Gasteiger partial charge in [-0.05, 0) is 19.4 Å². The minimum absolute atomic E-state index is 0.230. The average molecular weight is 205 g/mol. The highest BCUT2D eigenvalue weighted by molar-refractivity contribution is 5.95. The van der Waals surface area contributed by atoms with Gasteiger partial charge in [-0.25, -0.2) is 0 Å². The molecule has 0 aliphatic carbocycles. The Morgan fingerprint density at radius 2 is 2.47 bits per heavy atom. The van der Waals surface area contributed by atoms with Gasteiger partial charge < -0.3 is 0 Å². The lowest BCUT2D eigenvalue weighted by Gasteiger charge is -2.26. The lowest BCUT2D eigenvalue weighted by molar-refractivity contribution is -0.115. The van der Waals surface area contributed by atoms with E-state index in [9.17, 15) is 4.79 Å². The van der Waals surface area contributed by atoms with Crippen LogP contribution in [-0.4, -0.2) is 30.3 Å². The van der Waals surface area contributed by atoms with Crippen molar-refractivity contribution in [2.24, 2.45) is 0 Å². The molecule has 2 nitrogen and oxygen atoms in total. The van der Waals surface area contributed by atoms with Gasteiger partial charge in [-0.2, -0.15) is 0 Å². The summed E-state index contributed by atoms with van der Waals surface area (Å²) in [7, 11) is 0. The molecule has 0 radical (unpaired) electrons. The number of hydrogen-bond acceptors (Lipinski definition) is 2. The predicted octanol–water partition coefficient (Wildman–Crippen LogP) is 2.01. The second-order valence-corrected chi connectivity index (χ2v) is 3.92. The minimum Gasteiger partial charge on any atom is -0.299 e. The summed E-state index contributed by atoms with van der Waals surface area (Å²) in [5, 5.41) is 0. The molecule has 0 amide bonds. The van der Waals surface area contributed by atoms with Gasteiger partial charge in [0.25, 0.3) is 0 Å². The predicted molar refractivity (Wildman–Crippen MR) is 62.5 cm³/mol. The second-order valence-electron chi connectivity index (χ2n) is 3.92. The highest BCUT2D eigenvalue weighted by Gasteiger charge is 2.16. The van der Waals surface area contributed by atoms with Crippen LogP contribution in [-0.2, 0) is 4.79 Å². The summed E-state index contributed by atoms with van der Waals surface area (Å²) >= 11 is 0. The normalized spacial score (nSPS) is 16.9. The fourth-order valence-corrected chi connectivity index (χ4v) is 1.86. The van der Waals surface area contributed by atoms with Crippen molar-refractivity contribution in [3.05, 3.63) is 11.6 Å². The van der Waals surface area contributed by atoms with Gasteiger partial charge >= 0.3 is 0 Å². The SMILES string of the molecule is C#CCCC(=O)C1=CCCN(CCC)C1. The van der Waals surface area contributed by atoms with E-state index in [4.69, 9.17) is 6.42 Å². The monoisotopic (exact) mass is 205 g/mol. The number of carbonyl (C=O) groups excluding carboxylic acids is 1. The third-order valence-corrected chi connectivity index (χ3v) is 2.62. The van der Waals surface area contributed by atoms with E-state index < -0.39 is 0 Å². The Hall–Kier alpha value is -1.07. The molecule has 0 N–H and O–H groups in total. The van der Waals surface area contributed by atoms with Gasteiger partial charge in [0.1, 0.15) is 0 Å². The van der Waals surface area contributed by atoms with E-state index in [2.05, 4.69) is 23.8 Å². The molecule has 0 saturated heterocycles. The van der Waals surface area contributed by atoms with Crippen LogP contribution in [0, 0.1) is 12.3 Å². The summed E-state index contributed by atoms with van der Waals surface area (Å²) in [6.07, 6.45) is 10.4. The van der Waals surface area contributed by atoms with Gasteiger partial charge in [-0.3, -0.25) is 9.69 Å². The molecule has 1 aliphatic rings. The third-order valence-electron chi connectivity index (χ3n) is 2.62. The van der Waals surface area contributed by atoms with Crippen molar-refractivity contribution in [2.75, 3.05) is 19.6 Å². The van der Waals surface area contributed by atoms with Gasteiger partial charge in [0.2, 0.25) is 0 Å². The molecular weight excluding hydrogens is 186 g/mol. The van der Waals surface area contributed by atoms with Crippen LogP contribution in [0.3, 0.4) is 0 Å². The number of terminal acetylenes is 1. The minimum atomic E-state index is 0.230. The van der Waals surface area contributed by atoms with Crippen LogP contribution in [0.4, 0.5) is 0 Å². The van der Waals surface area contributed by atoms with E-state index in [1.807, 2.05) is 0 Å². The van der Waals surface area contributed by atoms with Crippen molar-refractivity contribution in [3.63, 3.8) is 0 Å². The Bertz CT molecular complexity index is 285. The molecule has 82 valence electrons. The Morgan fingerprint density at radius 1 is 1.67 bits per heavy atom. The van der Waals surface area contributed by atoms with Crippen LogP contribution >= 0.6 is 0 Å². The van der Waals surface area contributed by atoms with Crippen molar-refractivity contribution in [1.82, 2.24) is 4.90 Å². The number of nitrogens with zero attached hydrogens (tertiary/aromatic N) is 1. The maximum absolute atomic E-state index is 11.7. The van der Waals surface area contributed by atoms with Crippen molar-refractivity contribution >= 4 is 5.78 Å². The van der Waals surface area contributed by atoms with E-state index in [0.717, 1.165) is 38.0 Å². The van der Waals surface area contributed by atoms with Crippen LogP contribution in [0.5, 0.6) is 0 Å². The van der Waals surface area contributed by atoms with Crippen LogP contribution in [0.15, 0.2) is 11.6 Å². The topological polar surface area (TPSA) is 20.3 Å². The Morgan fingerprint density at radius 3 is 3.13 bits per heavy atom. The molecule has 0 unspecified atom stereocenters. The van der Waals surface area contributed by atoms with Gasteiger partial charge in [-0.15, -0.1) is 12.3 Å². The standard InChI is InChI=1S/C13H19NO/c1-3-5-8-13(15)12-7-6-10-14(11-12)9-4-2/h1,7H,4-6,8-11H2,2H3. The van der Waals surface area contributed by atoms with E-state index in [0.29, 0.717) is 12.8 Å². The fraction of sp³-hybridized carbons (Fsp3) is 0.615. The zero-order valence-corrected chi connectivity index (χ0v) is 9.46. The van der Waals surface area contributed by atoms with Gasteiger partial charge in [0, 0.05) is 31.5 Å². The molecule has 0 bridgehead atoms. The quantitative estimate of drug-likeness (QED) is 0.640. The van der Waals surface area contributed by atoms with Crippen LogP contribution in [0.1, 0.15) is 32.6 Å². The average Bonchev–Trinajstić information content (AvgIpc) is 2.27. The highest BCUT2D eigenvalue weighted by atomic mass is 16.1. The largest absolute Gasteiger partial charge is 0.299 e. The van der Waals surface area contributed by atoms with E-state index in [-0.39, 0.29) is 5.78 Å². The molecule has 1 heterocycles. The molecule has 0 aromatic carbocycles. The number of rotatable bonds is 5. The Labute approximate surface area is 92.3 Å². The first-order valence-corrected chi connectivity index (χ1v) is 5.66. The molecule has 1 aliphatic heterocycles. The molecular formula is C13H19NO. The summed E-state index contributed by atoms with van der Waals surface area (Å²) in [5.74, 6) is 2.74. The first-order chi connectivity index (χ1) is 7.27. The van der Waals surface area contributed by atoms with Crippen LogP contribution in [0.2, 0.25) is 0 Å². The van der Waals surface area contributed by atoms with Gasteiger partial charge in [0.05, 0.1) is 0 Å². The first-order valence-electron chi connectivity index (χ1n) is 5.66. The van der Waals surface area contributed by atoms with Crippen LogP contribution < -0.4 is 0 Å². The van der Waals surface area contributed by atoms with Crippen molar-refractivity contribution in [3.8, 4) is 12.3 Å². The van der Waals surface area contributed by atoms with Crippen molar-refractivity contribution < 1.29 is 4.79 Å². The summed E-state index contributed by atoms with van der Waals surface area (Å²) < 4.78 is 0. The summed E-state index contributed by atoms with van der Waals surface area (Å²) in [6, 6.07) is 0. The molecule has 0 saturated carbocycles. The second kappa shape index (κ2) is 6.42. The van der Waals surface area contributed by atoms with Gasteiger partial charge in [-0.1, -0.05) is 13.0 Å². The molecule has 0 aromatic rings. The Kier molecular flexibility index (Phi) is 5.14. The molecule has 15 heavy (non-hydrogen) atoms. The first kappa shape index (κ1) is 12.0. The summed E-state index contributed by atoms with van der Waals surface area (Å²) in [5.41, 5.74) is 0.963. The number of hydrogen-bond donors (Lipinski definition) is 0. The highest BCUT2D eigenvalue weighted by Crippen LogP contribution is 2.12.